The number of carboxylic acid groups (broad SMARTS) is 1. The fourth-order valence-electron chi connectivity index (χ4n) is 2.91. The number of unbranched alkanes of at least 4 members (excludes halogenated alkanes) is 3. The fourth-order valence-corrected chi connectivity index (χ4v) is 2.91. The van der Waals surface area contributed by atoms with Crippen LogP contribution in [-0.2, 0) is 4.79 Å². The minimum atomic E-state index is -0.617. The lowest BCUT2D eigenvalue weighted by Crippen LogP contribution is -2.40. The zero-order valence-corrected chi connectivity index (χ0v) is 12.2. The molecule has 0 spiro atoms. The number of aliphatic carboxylic acids is 1. The van der Waals surface area contributed by atoms with Gasteiger partial charge < -0.3 is 10.4 Å². The van der Waals surface area contributed by atoms with Gasteiger partial charge in [0, 0.05) is 12.1 Å². The van der Waals surface area contributed by atoms with E-state index in [0.29, 0.717) is 12.1 Å². The van der Waals surface area contributed by atoms with Crippen LogP contribution in [0.25, 0.3) is 0 Å². The third kappa shape index (κ3) is 6.76. The first-order valence-electron chi connectivity index (χ1n) is 7.73. The van der Waals surface area contributed by atoms with E-state index in [9.17, 15) is 4.79 Å². The van der Waals surface area contributed by atoms with Gasteiger partial charge in [-0.15, -0.1) is 6.58 Å². The number of carbonyl (C=O) groups is 1. The van der Waals surface area contributed by atoms with E-state index in [1.807, 2.05) is 6.08 Å². The van der Waals surface area contributed by atoms with Crippen LogP contribution in [0.4, 0.5) is 0 Å². The second-order valence-electron chi connectivity index (χ2n) is 5.88. The molecule has 0 radical (unpaired) electrons. The van der Waals surface area contributed by atoms with E-state index in [-0.39, 0.29) is 5.92 Å². The molecule has 1 unspecified atom stereocenters. The minimum Gasteiger partial charge on any atom is -0.481 e. The van der Waals surface area contributed by atoms with Crippen LogP contribution in [0.2, 0.25) is 0 Å². The second kappa shape index (κ2) is 9.13. The van der Waals surface area contributed by atoms with Crippen molar-refractivity contribution in [2.75, 3.05) is 0 Å². The molecule has 1 fully saturated rings. The van der Waals surface area contributed by atoms with Gasteiger partial charge in [0.2, 0.25) is 0 Å². The molecule has 2 N–H and O–H groups in total. The van der Waals surface area contributed by atoms with Gasteiger partial charge in [-0.05, 0) is 51.9 Å². The molecule has 110 valence electrons. The highest BCUT2D eigenvalue weighted by molar-refractivity contribution is 5.70. The number of rotatable bonds is 9. The Labute approximate surface area is 117 Å². The summed E-state index contributed by atoms with van der Waals surface area (Å²) in [6.45, 7) is 5.98. The second-order valence-corrected chi connectivity index (χ2v) is 5.88. The van der Waals surface area contributed by atoms with Crippen molar-refractivity contribution < 1.29 is 9.90 Å². The topological polar surface area (TPSA) is 49.3 Å². The molecule has 0 aromatic rings. The predicted molar refractivity (Wildman–Crippen MR) is 79.3 cm³/mol. The number of allylic oxidation sites excluding steroid dienone is 1. The molecule has 0 heterocycles. The van der Waals surface area contributed by atoms with E-state index >= 15 is 0 Å². The SMILES string of the molecule is C=CCCCCCC(C)NC1CCC(C(=O)O)CC1. The first-order valence-corrected chi connectivity index (χ1v) is 7.73. The normalized spacial score (nSPS) is 24.9. The van der Waals surface area contributed by atoms with E-state index in [2.05, 4.69) is 18.8 Å². The predicted octanol–water partition coefficient (Wildman–Crippen LogP) is 3.74. The summed E-state index contributed by atoms with van der Waals surface area (Å²) in [5.41, 5.74) is 0. The van der Waals surface area contributed by atoms with Crippen molar-refractivity contribution in [3.63, 3.8) is 0 Å². The Balaban J connectivity index is 2.07. The first kappa shape index (κ1) is 16.2. The number of hydrogen-bond donors (Lipinski definition) is 2. The molecule has 1 saturated carbocycles. The molecule has 1 aliphatic rings. The van der Waals surface area contributed by atoms with Gasteiger partial charge in [0.25, 0.3) is 0 Å². The Morgan fingerprint density at radius 1 is 1.32 bits per heavy atom. The zero-order valence-electron chi connectivity index (χ0n) is 12.2. The van der Waals surface area contributed by atoms with Gasteiger partial charge in [0.05, 0.1) is 5.92 Å². The average Bonchev–Trinajstić information content (AvgIpc) is 2.39. The van der Waals surface area contributed by atoms with Crippen molar-refractivity contribution in [3.8, 4) is 0 Å². The Morgan fingerprint density at radius 3 is 2.58 bits per heavy atom. The third-order valence-electron chi connectivity index (χ3n) is 4.14. The summed E-state index contributed by atoms with van der Waals surface area (Å²) in [5, 5.41) is 12.6. The van der Waals surface area contributed by atoms with Crippen LogP contribution in [-0.4, -0.2) is 23.2 Å². The molecule has 3 nitrogen and oxygen atoms in total. The highest BCUT2D eigenvalue weighted by Gasteiger charge is 2.26. The summed E-state index contributed by atoms with van der Waals surface area (Å²) in [6.07, 6.45) is 11.8. The van der Waals surface area contributed by atoms with E-state index in [4.69, 9.17) is 5.11 Å². The maximum absolute atomic E-state index is 10.9. The van der Waals surface area contributed by atoms with Crippen LogP contribution < -0.4 is 5.32 Å². The molecule has 1 atom stereocenters. The highest BCUT2D eigenvalue weighted by atomic mass is 16.4. The molecule has 0 aromatic carbocycles. The summed E-state index contributed by atoms with van der Waals surface area (Å²) in [7, 11) is 0. The number of nitrogens with one attached hydrogen (secondary N) is 1. The van der Waals surface area contributed by atoms with Gasteiger partial charge in [0.15, 0.2) is 0 Å². The van der Waals surface area contributed by atoms with Crippen molar-refractivity contribution in [1.82, 2.24) is 5.32 Å². The lowest BCUT2D eigenvalue weighted by atomic mass is 9.86. The third-order valence-corrected chi connectivity index (χ3v) is 4.14. The van der Waals surface area contributed by atoms with E-state index in [1.54, 1.807) is 0 Å². The molecule has 0 saturated heterocycles. The summed E-state index contributed by atoms with van der Waals surface area (Å²) in [5.74, 6) is -0.721. The van der Waals surface area contributed by atoms with Gasteiger partial charge in [0.1, 0.15) is 0 Å². The quantitative estimate of drug-likeness (QED) is 0.494. The van der Waals surface area contributed by atoms with Crippen LogP contribution in [0.15, 0.2) is 12.7 Å². The van der Waals surface area contributed by atoms with Crippen molar-refractivity contribution in [2.45, 2.75) is 76.8 Å². The molecule has 3 heteroatoms. The van der Waals surface area contributed by atoms with Crippen molar-refractivity contribution in [2.24, 2.45) is 5.92 Å². The summed E-state index contributed by atoms with van der Waals surface area (Å²) in [4.78, 5) is 10.9. The lowest BCUT2D eigenvalue weighted by Gasteiger charge is -2.29. The summed E-state index contributed by atoms with van der Waals surface area (Å²) >= 11 is 0. The molecule has 0 bridgehead atoms. The van der Waals surface area contributed by atoms with E-state index < -0.39 is 5.97 Å². The van der Waals surface area contributed by atoms with Gasteiger partial charge in [-0.2, -0.15) is 0 Å². The largest absolute Gasteiger partial charge is 0.481 e. The molecule has 0 aromatic heterocycles. The molecular weight excluding hydrogens is 238 g/mol. The maximum Gasteiger partial charge on any atom is 0.306 e. The standard InChI is InChI=1S/C16H29NO2/c1-3-4-5-6-7-8-13(2)17-15-11-9-14(10-12-15)16(18)19/h3,13-15,17H,1,4-12H2,2H3,(H,18,19). The molecule has 1 rings (SSSR count). The van der Waals surface area contributed by atoms with E-state index in [0.717, 1.165) is 32.1 Å². The van der Waals surface area contributed by atoms with Gasteiger partial charge in [-0.1, -0.05) is 18.9 Å². The van der Waals surface area contributed by atoms with Crippen molar-refractivity contribution in [1.29, 1.82) is 0 Å². The molecule has 1 aliphatic carbocycles. The van der Waals surface area contributed by atoms with Crippen LogP contribution in [0.3, 0.4) is 0 Å². The monoisotopic (exact) mass is 267 g/mol. The average molecular weight is 267 g/mol. The molecule has 19 heavy (non-hydrogen) atoms. The highest BCUT2D eigenvalue weighted by Crippen LogP contribution is 2.25. The van der Waals surface area contributed by atoms with Gasteiger partial charge in [-0.3, -0.25) is 4.79 Å². The van der Waals surface area contributed by atoms with Crippen LogP contribution >= 0.6 is 0 Å². The number of carboxylic acids is 1. The first-order chi connectivity index (χ1) is 9.13. The van der Waals surface area contributed by atoms with Crippen molar-refractivity contribution in [3.05, 3.63) is 12.7 Å². The molecule has 0 aliphatic heterocycles. The van der Waals surface area contributed by atoms with E-state index in [1.165, 1.54) is 25.7 Å². The van der Waals surface area contributed by atoms with Crippen LogP contribution in [0.5, 0.6) is 0 Å². The Hall–Kier alpha value is -0.830. The fraction of sp³-hybridized carbons (Fsp3) is 0.812. The van der Waals surface area contributed by atoms with Crippen LogP contribution in [0, 0.1) is 5.92 Å². The van der Waals surface area contributed by atoms with Gasteiger partial charge >= 0.3 is 5.97 Å². The Morgan fingerprint density at radius 2 is 2.00 bits per heavy atom. The van der Waals surface area contributed by atoms with Crippen molar-refractivity contribution >= 4 is 5.97 Å². The molecule has 0 amide bonds. The van der Waals surface area contributed by atoms with Crippen LogP contribution in [0.1, 0.15) is 64.7 Å². The smallest absolute Gasteiger partial charge is 0.306 e. The maximum atomic E-state index is 10.9. The summed E-state index contributed by atoms with van der Waals surface area (Å²) < 4.78 is 0. The Kier molecular flexibility index (Phi) is 7.80. The summed E-state index contributed by atoms with van der Waals surface area (Å²) in [6, 6.07) is 1.08. The molecular formula is C16H29NO2. The minimum absolute atomic E-state index is 0.104. The van der Waals surface area contributed by atoms with Gasteiger partial charge in [-0.25, -0.2) is 0 Å². The number of hydrogen-bond acceptors (Lipinski definition) is 2. The lowest BCUT2D eigenvalue weighted by molar-refractivity contribution is -0.142. The Bertz CT molecular complexity index is 270. The zero-order chi connectivity index (χ0) is 14.1.